The van der Waals surface area contributed by atoms with E-state index in [0.717, 1.165) is 13.1 Å². The molecule has 0 heterocycles. The fourth-order valence-corrected chi connectivity index (χ4v) is 1.01. The molecule has 0 aromatic heterocycles. The van der Waals surface area contributed by atoms with Crippen molar-refractivity contribution in [2.75, 3.05) is 32.7 Å². The molecule has 15 heavy (non-hydrogen) atoms. The van der Waals surface area contributed by atoms with Crippen molar-refractivity contribution in [1.82, 2.24) is 10.2 Å². The van der Waals surface area contributed by atoms with Gasteiger partial charge in [-0.2, -0.15) is 0 Å². The summed E-state index contributed by atoms with van der Waals surface area (Å²) in [6, 6.07) is 0. The largest absolute Gasteiger partial charge is 0.349 e. The smallest absolute Gasteiger partial charge is 0.277 e. The van der Waals surface area contributed by atoms with Crippen molar-refractivity contribution in [1.29, 1.82) is 0 Å². The molecule has 1 amide bonds. The zero-order valence-electron chi connectivity index (χ0n) is 9.22. The van der Waals surface area contributed by atoms with E-state index in [1.807, 2.05) is 18.7 Å². The first-order valence-electron chi connectivity index (χ1n) is 5.02. The first-order chi connectivity index (χ1) is 6.95. The average Bonchev–Trinajstić information content (AvgIpc) is 2.23. The molecule has 0 saturated heterocycles. The average molecular weight is 223 g/mol. The lowest BCUT2D eigenvalue weighted by Gasteiger charge is -2.19. The fraction of sp³-hybridized carbons (Fsp3) is 0.889. The van der Waals surface area contributed by atoms with Crippen LogP contribution in [0.15, 0.2) is 0 Å². The Hall–Kier alpha value is -0.750. The molecule has 0 unspecified atom stereocenters. The highest BCUT2D eigenvalue weighted by atomic mass is 19.3. The second-order valence-electron chi connectivity index (χ2n) is 3.30. The van der Waals surface area contributed by atoms with Crippen LogP contribution in [0, 0.1) is 0 Å². The molecule has 0 spiro atoms. The van der Waals surface area contributed by atoms with Crippen LogP contribution >= 0.6 is 0 Å². The van der Waals surface area contributed by atoms with Gasteiger partial charge in [0.15, 0.2) is 0 Å². The van der Waals surface area contributed by atoms with Gasteiger partial charge in [-0.05, 0) is 13.1 Å². The second-order valence-corrected chi connectivity index (χ2v) is 3.30. The third kappa shape index (κ3) is 6.35. The van der Waals surface area contributed by atoms with Crippen LogP contribution in [0.1, 0.15) is 13.8 Å². The monoisotopic (exact) mass is 223 g/mol. The summed E-state index contributed by atoms with van der Waals surface area (Å²) in [5.41, 5.74) is 4.83. The van der Waals surface area contributed by atoms with Gasteiger partial charge in [0.2, 0.25) is 5.91 Å². The van der Waals surface area contributed by atoms with E-state index in [9.17, 15) is 13.6 Å². The van der Waals surface area contributed by atoms with E-state index in [-0.39, 0.29) is 6.54 Å². The number of rotatable bonds is 7. The molecule has 3 N–H and O–H groups in total. The van der Waals surface area contributed by atoms with E-state index in [2.05, 4.69) is 5.32 Å². The lowest BCUT2D eigenvalue weighted by Crippen LogP contribution is -2.45. The lowest BCUT2D eigenvalue weighted by molar-refractivity contribution is -0.124. The van der Waals surface area contributed by atoms with Crippen molar-refractivity contribution < 1.29 is 13.6 Å². The van der Waals surface area contributed by atoms with Crippen molar-refractivity contribution in [3.8, 4) is 0 Å². The number of alkyl halides is 2. The Balaban J connectivity index is 3.84. The number of amides is 1. The molecular weight excluding hydrogens is 204 g/mol. The Kier molecular flexibility index (Phi) is 6.35. The van der Waals surface area contributed by atoms with Crippen LogP contribution in [0.5, 0.6) is 0 Å². The summed E-state index contributed by atoms with van der Waals surface area (Å²) >= 11 is 0. The van der Waals surface area contributed by atoms with Gasteiger partial charge in [-0.3, -0.25) is 9.69 Å². The van der Waals surface area contributed by atoms with E-state index in [1.165, 1.54) is 0 Å². The summed E-state index contributed by atoms with van der Waals surface area (Å²) in [7, 11) is 0. The maximum atomic E-state index is 12.7. The highest BCUT2D eigenvalue weighted by Gasteiger charge is 2.27. The predicted molar refractivity (Wildman–Crippen MR) is 54.8 cm³/mol. The molecular formula is C9H19F2N3O. The SMILES string of the molecule is CCN(CC)CC(=O)NCC(F)(F)CN. The number of carbonyl (C=O) groups excluding carboxylic acids is 1. The quantitative estimate of drug-likeness (QED) is 0.640. The minimum absolute atomic E-state index is 0.146. The summed E-state index contributed by atoms with van der Waals surface area (Å²) in [6.07, 6.45) is 0. The van der Waals surface area contributed by atoms with Gasteiger partial charge < -0.3 is 11.1 Å². The number of hydrogen-bond donors (Lipinski definition) is 2. The zero-order chi connectivity index (χ0) is 11.9. The molecule has 6 heteroatoms. The van der Waals surface area contributed by atoms with Crippen molar-refractivity contribution in [3.05, 3.63) is 0 Å². The van der Waals surface area contributed by atoms with Crippen LogP contribution in [0.2, 0.25) is 0 Å². The standard InChI is InChI=1S/C9H19F2N3O/c1-3-14(4-2)5-8(15)13-7-9(10,11)6-12/h3-7,12H2,1-2H3,(H,13,15). The Bertz CT molecular complexity index is 196. The van der Waals surface area contributed by atoms with Gasteiger partial charge in [-0.1, -0.05) is 13.8 Å². The van der Waals surface area contributed by atoms with Crippen molar-refractivity contribution in [2.24, 2.45) is 5.73 Å². The molecule has 0 fully saturated rings. The Labute approximate surface area is 88.8 Å². The van der Waals surface area contributed by atoms with Crippen LogP contribution in [0.25, 0.3) is 0 Å². The van der Waals surface area contributed by atoms with Crippen molar-refractivity contribution in [2.45, 2.75) is 19.8 Å². The fourth-order valence-electron chi connectivity index (χ4n) is 1.01. The van der Waals surface area contributed by atoms with E-state index < -0.39 is 24.9 Å². The predicted octanol–water partition coefficient (Wildman–Crippen LogP) is 0.0384. The molecule has 0 bridgehead atoms. The highest BCUT2D eigenvalue weighted by molar-refractivity contribution is 5.78. The molecule has 0 aliphatic carbocycles. The maximum Gasteiger partial charge on any atom is 0.277 e. The third-order valence-corrected chi connectivity index (χ3v) is 2.10. The summed E-state index contributed by atoms with van der Waals surface area (Å²) in [6.45, 7) is 3.96. The van der Waals surface area contributed by atoms with Crippen LogP contribution in [0.3, 0.4) is 0 Å². The van der Waals surface area contributed by atoms with E-state index in [0.29, 0.717) is 0 Å². The number of nitrogens with zero attached hydrogens (tertiary/aromatic N) is 1. The molecule has 0 radical (unpaired) electrons. The second kappa shape index (κ2) is 6.68. The first kappa shape index (κ1) is 14.2. The summed E-state index contributed by atoms with van der Waals surface area (Å²) in [5.74, 6) is -3.41. The number of nitrogens with one attached hydrogen (secondary N) is 1. The number of likely N-dealkylation sites (N-methyl/N-ethyl adjacent to an activating group) is 1. The molecule has 0 atom stereocenters. The Morgan fingerprint density at radius 3 is 2.33 bits per heavy atom. The number of halogens is 2. The highest BCUT2D eigenvalue weighted by Crippen LogP contribution is 2.08. The first-order valence-corrected chi connectivity index (χ1v) is 5.02. The van der Waals surface area contributed by atoms with Crippen LogP contribution in [-0.2, 0) is 4.79 Å². The molecule has 0 saturated carbocycles. The maximum absolute atomic E-state index is 12.7. The minimum Gasteiger partial charge on any atom is -0.349 e. The van der Waals surface area contributed by atoms with Crippen LogP contribution < -0.4 is 11.1 Å². The summed E-state index contributed by atoms with van der Waals surface area (Å²) in [4.78, 5) is 13.1. The van der Waals surface area contributed by atoms with Gasteiger partial charge in [0.25, 0.3) is 5.92 Å². The normalized spacial score (nSPS) is 11.9. The number of nitrogens with two attached hydrogens (primary N) is 1. The van der Waals surface area contributed by atoms with Gasteiger partial charge in [0, 0.05) is 0 Å². The van der Waals surface area contributed by atoms with Gasteiger partial charge in [-0.15, -0.1) is 0 Å². The molecule has 0 rings (SSSR count). The summed E-state index contributed by atoms with van der Waals surface area (Å²) in [5, 5.41) is 2.16. The number of carbonyl (C=O) groups is 1. The molecule has 0 aliphatic heterocycles. The van der Waals surface area contributed by atoms with E-state index in [1.54, 1.807) is 0 Å². The molecule has 0 aliphatic rings. The Morgan fingerprint density at radius 2 is 1.93 bits per heavy atom. The number of hydrogen-bond acceptors (Lipinski definition) is 3. The molecule has 0 aromatic carbocycles. The molecule has 4 nitrogen and oxygen atoms in total. The van der Waals surface area contributed by atoms with Gasteiger partial charge in [-0.25, -0.2) is 8.78 Å². The van der Waals surface area contributed by atoms with E-state index >= 15 is 0 Å². The summed E-state index contributed by atoms with van der Waals surface area (Å²) < 4.78 is 25.3. The van der Waals surface area contributed by atoms with Crippen LogP contribution in [0.4, 0.5) is 8.78 Å². The molecule has 90 valence electrons. The Morgan fingerprint density at radius 1 is 1.40 bits per heavy atom. The zero-order valence-corrected chi connectivity index (χ0v) is 9.22. The van der Waals surface area contributed by atoms with Crippen LogP contribution in [-0.4, -0.2) is 49.5 Å². The topological polar surface area (TPSA) is 58.4 Å². The molecule has 0 aromatic rings. The van der Waals surface area contributed by atoms with Gasteiger partial charge in [0.1, 0.15) is 0 Å². The third-order valence-electron chi connectivity index (χ3n) is 2.10. The van der Waals surface area contributed by atoms with E-state index in [4.69, 9.17) is 5.73 Å². The van der Waals surface area contributed by atoms with Gasteiger partial charge >= 0.3 is 0 Å². The van der Waals surface area contributed by atoms with Crippen molar-refractivity contribution >= 4 is 5.91 Å². The van der Waals surface area contributed by atoms with Gasteiger partial charge in [0.05, 0.1) is 19.6 Å². The minimum atomic E-state index is -3.01. The lowest BCUT2D eigenvalue weighted by atomic mass is 10.3. The van der Waals surface area contributed by atoms with Crippen molar-refractivity contribution in [3.63, 3.8) is 0 Å².